The van der Waals surface area contributed by atoms with Crippen molar-refractivity contribution in [3.8, 4) is 0 Å². The molecule has 0 amide bonds. The molecule has 0 aromatic carbocycles. The molecular formula is C10H19NO3. The Morgan fingerprint density at radius 1 is 1.50 bits per heavy atom. The molecule has 0 radical (unpaired) electrons. The van der Waals surface area contributed by atoms with Crippen LogP contribution in [0.3, 0.4) is 0 Å². The number of carboxylic acid groups (broad SMARTS) is 1. The lowest BCUT2D eigenvalue weighted by molar-refractivity contribution is -0.188. The highest BCUT2D eigenvalue weighted by Crippen LogP contribution is 2.27. The summed E-state index contributed by atoms with van der Waals surface area (Å²) in [4.78, 5) is 11.2. The molecule has 14 heavy (non-hydrogen) atoms. The predicted molar refractivity (Wildman–Crippen MR) is 53.3 cm³/mol. The zero-order valence-corrected chi connectivity index (χ0v) is 9.09. The molecule has 82 valence electrons. The van der Waals surface area contributed by atoms with E-state index in [4.69, 9.17) is 4.74 Å². The van der Waals surface area contributed by atoms with E-state index in [1.165, 1.54) is 0 Å². The van der Waals surface area contributed by atoms with E-state index in [9.17, 15) is 9.90 Å². The molecule has 1 fully saturated rings. The van der Waals surface area contributed by atoms with Gasteiger partial charge in [-0.1, -0.05) is 0 Å². The number of piperidine rings is 1. The van der Waals surface area contributed by atoms with Gasteiger partial charge in [0.2, 0.25) is 0 Å². The van der Waals surface area contributed by atoms with Crippen molar-refractivity contribution in [1.82, 2.24) is 5.32 Å². The summed E-state index contributed by atoms with van der Waals surface area (Å²) in [7, 11) is 0. The number of hydrogen-bond donors (Lipinski definition) is 2. The molecule has 4 heteroatoms. The monoisotopic (exact) mass is 201 g/mol. The fraction of sp³-hybridized carbons (Fsp3) is 0.900. The third-order valence-electron chi connectivity index (χ3n) is 2.24. The Morgan fingerprint density at radius 3 is 2.50 bits per heavy atom. The van der Waals surface area contributed by atoms with Gasteiger partial charge in [0.1, 0.15) is 0 Å². The van der Waals surface area contributed by atoms with Crippen LogP contribution in [0.4, 0.5) is 0 Å². The lowest BCUT2D eigenvalue weighted by Gasteiger charge is -2.38. The molecule has 1 atom stereocenters. The lowest BCUT2D eigenvalue weighted by atomic mass is 9.93. The van der Waals surface area contributed by atoms with Gasteiger partial charge in [0.25, 0.3) is 0 Å². The van der Waals surface area contributed by atoms with Crippen LogP contribution in [0.5, 0.6) is 0 Å². The average molecular weight is 201 g/mol. The van der Waals surface area contributed by atoms with Crippen LogP contribution in [-0.4, -0.2) is 35.4 Å². The molecule has 1 aliphatic heterocycles. The van der Waals surface area contributed by atoms with Crippen molar-refractivity contribution < 1.29 is 14.6 Å². The van der Waals surface area contributed by atoms with E-state index in [1.54, 1.807) is 0 Å². The number of aliphatic carboxylic acids is 1. The van der Waals surface area contributed by atoms with E-state index >= 15 is 0 Å². The minimum absolute atomic E-state index is 0.402. The maximum Gasteiger partial charge on any atom is 0.337 e. The van der Waals surface area contributed by atoms with Crippen molar-refractivity contribution in [3.05, 3.63) is 0 Å². The number of carbonyl (C=O) groups is 1. The smallest absolute Gasteiger partial charge is 0.337 e. The number of ether oxygens (including phenoxy) is 1. The molecule has 0 aromatic heterocycles. The van der Waals surface area contributed by atoms with Crippen LogP contribution in [0, 0.1) is 0 Å². The summed E-state index contributed by atoms with van der Waals surface area (Å²) in [5, 5.41) is 12.3. The van der Waals surface area contributed by atoms with Gasteiger partial charge in [-0.05, 0) is 40.2 Å². The number of hydrogen-bond acceptors (Lipinski definition) is 3. The third-order valence-corrected chi connectivity index (χ3v) is 2.24. The van der Waals surface area contributed by atoms with Crippen LogP contribution in [0.15, 0.2) is 0 Å². The standard InChI is InChI=1S/C10H19NO3/c1-9(2,3)14-10(8(12)13)5-4-6-11-7-10/h11H,4-7H2,1-3H3,(H,12,13). The van der Waals surface area contributed by atoms with Crippen molar-refractivity contribution in [2.75, 3.05) is 13.1 Å². The molecule has 0 bridgehead atoms. The van der Waals surface area contributed by atoms with Gasteiger partial charge in [-0.2, -0.15) is 0 Å². The highest BCUT2D eigenvalue weighted by molar-refractivity contribution is 5.78. The quantitative estimate of drug-likeness (QED) is 0.700. The minimum atomic E-state index is -1.03. The Labute approximate surface area is 84.6 Å². The Morgan fingerprint density at radius 2 is 2.14 bits per heavy atom. The van der Waals surface area contributed by atoms with E-state index in [0.717, 1.165) is 13.0 Å². The number of carboxylic acids is 1. The predicted octanol–water partition coefficient (Wildman–Crippen LogP) is 1.01. The van der Waals surface area contributed by atoms with Gasteiger partial charge in [-0.3, -0.25) is 0 Å². The average Bonchev–Trinajstić information content (AvgIpc) is 2.02. The molecule has 1 aliphatic rings. The fourth-order valence-electron chi connectivity index (χ4n) is 1.78. The molecule has 0 aromatic rings. The van der Waals surface area contributed by atoms with Crippen molar-refractivity contribution in [1.29, 1.82) is 0 Å². The second kappa shape index (κ2) is 3.87. The molecule has 0 saturated carbocycles. The van der Waals surface area contributed by atoms with Gasteiger partial charge < -0.3 is 15.2 Å². The molecule has 1 rings (SSSR count). The summed E-state index contributed by atoms with van der Waals surface area (Å²) in [6.45, 7) is 6.92. The van der Waals surface area contributed by atoms with Gasteiger partial charge in [-0.25, -0.2) is 4.79 Å². The first kappa shape index (κ1) is 11.5. The van der Waals surface area contributed by atoms with Crippen LogP contribution in [0.25, 0.3) is 0 Å². The van der Waals surface area contributed by atoms with Crippen LogP contribution >= 0.6 is 0 Å². The Kier molecular flexibility index (Phi) is 3.17. The first-order chi connectivity index (χ1) is 6.36. The van der Waals surface area contributed by atoms with E-state index < -0.39 is 17.2 Å². The van der Waals surface area contributed by atoms with Crippen LogP contribution in [0.1, 0.15) is 33.6 Å². The molecular weight excluding hydrogens is 182 g/mol. The molecule has 1 unspecified atom stereocenters. The third kappa shape index (κ3) is 2.69. The Bertz CT molecular complexity index is 214. The van der Waals surface area contributed by atoms with Crippen molar-refractivity contribution in [2.45, 2.75) is 44.8 Å². The summed E-state index contributed by atoms with van der Waals surface area (Å²) >= 11 is 0. The maximum atomic E-state index is 11.2. The van der Waals surface area contributed by atoms with Crippen LogP contribution in [-0.2, 0) is 9.53 Å². The van der Waals surface area contributed by atoms with Crippen LogP contribution in [0.2, 0.25) is 0 Å². The van der Waals surface area contributed by atoms with Gasteiger partial charge in [0.05, 0.1) is 5.60 Å². The molecule has 1 saturated heterocycles. The summed E-state index contributed by atoms with van der Waals surface area (Å²) < 4.78 is 5.67. The summed E-state index contributed by atoms with van der Waals surface area (Å²) in [6, 6.07) is 0. The second-order valence-electron chi connectivity index (χ2n) is 4.79. The lowest BCUT2D eigenvalue weighted by Crippen LogP contribution is -2.56. The zero-order chi connectivity index (χ0) is 10.8. The van der Waals surface area contributed by atoms with Crippen molar-refractivity contribution in [2.24, 2.45) is 0 Å². The summed E-state index contributed by atoms with van der Waals surface area (Å²) in [5.41, 5.74) is -1.45. The second-order valence-corrected chi connectivity index (χ2v) is 4.79. The highest BCUT2D eigenvalue weighted by atomic mass is 16.5. The highest BCUT2D eigenvalue weighted by Gasteiger charge is 2.43. The van der Waals surface area contributed by atoms with Crippen molar-refractivity contribution >= 4 is 5.97 Å². The zero-order valence-electron chi connectivity index (χ0n) is 9.09. The van der Waals surface area contributed by atoms with E-state index in [1.807, 2.05) is 20.8 Å². The normalized spacial score (nSPS) is 28.8. The number of nitrogens with one attached hydrogen (secondary N) is 1. The topological polar surface area (TPSA) is 58.6 Å². The SMILES string of the molecule is CC(C)(C)OC1(C(=O)O)CCCNC1. The van der Waals surface area contributed by atoms with Crippen molar-refractivity contribution in [3.63, 3.8) is 0 Å². The summed E-state index contributed by atoms with van der Waals surface area (Å²) in [6.07, 6.45) is 1.44. The van der Waals surface area contributed by atoms with Gasteiger partial charge in [0.15, 0.2) is 5.60 Å². The number of rotatable bonds is 2. The molecule has 4 nitrogen and oxygen atoms in total. The molecule has 2 N–H and O–H groups in total. The fourth-order valence-corrected chi connectivity index (χ4v) is 1.78. The van der Waals surface area contributed by atoms with Crippen LogP contribution < -0.4 is 5.32 Å². The Hall–Kier alpha value is -0.610. The molecule has 1 heterocycles. The first-order valence-corrected chi connectivity index (χ1v) is 5.00. The van der Waals surface area contributed by atoms with Gasteiger partial charge in [-0.15, -0.1) is 0 Å². The first-order valence-electron chi connectivity index (χ1n) is 5.00. The summed E-state index contributed by atoms with van der Waals surface area (Å²) in [5.74, 6) is -0.861. The minimum Gasteiger partial charge on any atom is -0.479 e. The Balaban J connectivity index is 2.76. The maximum absolute atomic E-state index is 11.2. The van der Waals surface area contributed by atoms with E-state index in [0.29, 0.717) is 13.0 Å². The van der Waals surface area contributed by atoms with Gasteiger partial charge >= 0.3 is 5.97 Å². The van der Waals surface area contributed by atoms with E-state index in [-0.39, 0.29) is 0 Å². The van der Waals surface area contributed by atoms with Gasteiger partial charge in [0, 0.05) is 6.54 Å². The molecule has 0 aliphatic carbocycles. The molecule has 0 spiro atoms. The largest absolute Gasteiger partial charge is 0.479 e. The van der Waals surface area contributed by atoms with E-state index in [2.05, 4.69) is 5.32 Å².